The summed E-state index contributed by atoms with van der Waals surface area (Å²) in [6.45, 7) is 8.34. The standard InChI is InChI=1S/C16H19N2OS/c1-4-17-12(3)11-20-16(17)10-15-18(5-2)13-8-6-7-9-14(13)19-15/h6-11H,4-5H2,1-3H3/q+1. The largest absolute Gasteiger partial charge is 0.398 e. The van der Waals surface area contributed by atoms with Gasteiger partial charge in [-0.15, -0.1) is 0 Å². The Morgan fingerprint density at radius 2 is 2.10 bits per heavy atom. The summed E-state index contributed by atoms with van der Waals surface area (Å²) in [7, 11) is 0. The van der Waals surface area contributed by atoms with E-state index in [0.29, 0.717) is 0 Å². The molecule has 0 radical (unpaired) electrons. The van der Waals surface area contributed by atoms with Crippen LogP contribution in [0.4, 0.5) is 0 Å². The molecule has 0 saturated carbocycles. The first-order valence-electron chi connectivity index (χ1n) is 6.98. The summed E-state index contributed by atoms with van der Waals surface area (Å²) >= 11 is 1.76. The maximum absolute atomic E-state index is 6.00. The van der Waals surface area contributed by atoms with E-state index in [9.17, 15) is 0 Å². The Bertz CT molecular complexity index is 700. The van der Waals surface area contributed by atoms with E-state index in [1.165, 1.54) is 10.7 Å². The van der Waals surface area contributed by atoms with Crippen molar-refractivity contribution in [2.45, 2.75) is 27.3 Å². The average molecular weight is 287 g/mol. The number of benzene rings is 1. The SMILES string of the molecule is CCN1C(C)=CS/C1=C\c1oc2ccccc2[n+]1CC. The molecule has 0 saturated heterocycles. The van der Waals surface area contributed by atoms with Gasteiger partial charge < -0.3 is 9.32 Å². The average Bonchev–Trinajstić information content (AvgIpc) is 2.99. The first kappa shape index (κ1) is 13.3. The first-order valence-corrected chi connectivity index (χ1v) is 7.86. The van der Waals surface area contributed by atoms with Crippen LogP contribution in [-0.2, 0) is 6.54 Å². The summed E-state index contributed by atoms with van der Waals surface area (Å²) in [5.74, 6) is 0.915. The number of rotatable bonds is 3. The number of nitrogens with zero attached hydrogens (tertiary/aromatic N) is 2. The third-order valence-corrected chi connectivity index (χ3v) is 4.60. The lowest BCUT2D eigenvalue weighted by molar-refractivity contribution is -0.674. The smallest absolute Gasteiger partial charge is 0.376 e. The van der Waals surface area contributed by atoms with Crippen LogP contribution in [0.1, 0.15) is 26.7 Å². The van der Waals surface area contributed by atoms with E-state index < -0.39 is 0 Å². The van der Waals surface area contributed by atoms with Gasteiger partial charge in [0.05, 0.1) is 11.1 Å². The molecule has 3 nitrogen and oxygen atoms in total. The molecule has 1 aliphatic heterocycles. The summed E-state index contributed by atoms with van der Waals surface area (Å²) in [4.78, 5) is 2.30. The second-order valence-electron chi connectivity index (χ2n) is 4.76. The molecule has 1 aliphatic rings. The minimum Gasteiger partial charge on any atom is -0.398 e. The molecule has 1 aromatic heterocycles. The van der Waals surface area contributed by atoms with Gasteiger partial charge in [0.2, 0.25) is 5.58 Å². The molecular formula is C16H19N2OS+. The molecule has 0 atom stereocenters. The molecule has 1 aromatic carbocycles. The molecule has 0 aliphatic carbocycles. The fraction of sp³-hybridized carbons (Fsp3) is 0.312. The highest BCUT2D eigenvalue weighted by Gasteiger charge is 2.23. The Morgan fingerprint density at radius 1 is 1.30 bits per heavy atom. The van der Waals surface area contributed by atoms with Crippen molar-refractivity contribution >= 4 is 28.9 Å². The Morgan fingerprint density at radius 3 is 2.85 bits per heavy atom. The van der Waals surface area contributed by atoms with E-state index in [4.69, 9.17) is 4.42 Å². The van der Waals surface area contributed by atoms with Crippen molar-refractivity contribution in [1.82, 2.24) is 4.90 Å². The fourth-order valence-electron chi connectivity index (χ4n) is 2.56. The molecule has 0 amide bonds. The molecule has 0 spiro atoms. The van der Waals surface area contributed by atoms with E-state index >= 15 is 0 Å². The zero-order valence-electron chi connectivity index (χ0n) is 12.1. The van der Waals surface area contributed by atoms with Crippen LogP contribution >= 0.6 is 11.8 Å². The van der Waals surface area contributed by atoms with Gasteiger partial charge in [-0.25, -0.2) is 0 Å². The van der Waals surface area contributed by atoms with E-state index in [2.05, 4.69) is 53.9 Å². The zero-order valence-corrected chi connectivity index (χ0v) is 12.9. The van der Waals surface area contributed by atoms with Crippen LogP contribution in [0.2, 0.25) is 0 Å². The quantitative estimate of drug-likeness (QED) is 0.797. The summed E-state index contributed by atoms with van der Waals surface area (Å²) in [5, 5.41) is 3.42. The summed E-state index contributed by atoms with van der Waals surface area (Å²) in [6.07, 6.45) is 2.14. The number of thioether (sulfide) groups is 1. The van der Waals surface area contributed by atoms with Gasteiger partial charge in [0.25, 0.3) is 5.52 Å². The van der Waals surface area contributed by atoms with Crippen LogP contribution in [0.25, 0.3) is 17.2 Å². The molecule has 104 valence electrons. The molecule has 4 heteroatoms. The number of hydrogen-bond donors (Lipinski definition) is 0. The van der Waals surface area contributed by atoms with Crippen molar-refractivity contribution in [2.24, 2.45) is 0 Å². The second-order valence-corrected chi connectivity index (χ2v) is 5.65. The van der Waals surface area contributed by atoms with Crippen LogP contribution in [0.5, 0.6) is 0 Å². The zero-order chi connectivity index (χ0) is 14.1. The van der Waals surface area contributed by atoms with Crippen molar-refractivity contribution < 1.29 is 8.98 Å². The molecule has 20 heavy (non-hydrogen) atoms. The highest BCUT2D eigenvalue weighted by molar-refractivity contribution is 8.06. The topological polar surface area (TPSA) is 20.3 Å². The van der Waals surface area contributed by atoms with Crippen LogP contribution in [-0.4, -0.2) is 11.4 Å². The van der Waals surface area contributed by atoms with Gasteiger partial charge in [0.15, 0.2) is 0 Å². The van der Waals surface area contributed by atoms with Gasteiger partial charge in [0.1, 0.15) is 6.54 Å². The number of fused-ring (bicyclic) bond motifs is 1. The Hall–Kier alpha value is -1.68. The van der Waals surface area contributed by atoms with Crippen molar-refractivity contribution in [1.29, 1.82) is 0 Å². The number of aromatic nitrogens is 1. The van der Waals surface area contributed by atoms with E-state index in [-0.39, 0.29) is 0 Å². The van der Waals surface area contributed by atoms with Crippen LogP contribution in [0, 0.1) is 0 Å². The lowest BCUT2D eigenvalue weighted by atomic mass is 10.3. The van der Waals surface area contributed by atoms with Gasteiger partial charge in [-0.05, 0) is 32.2 Å². The van der Waals surface area contributed by atoms with Crippen LogP contribution < -0.4 is 4.57 Å². The number of oxazole rings is 1. The fourth-order valence-corrected chi connectivity index (χ4v) is 3.54. The van der Waals surface area contributed by atoms with Gasteiger partial charge >= 0.3 is 5.89 Å². The number of hydrogen-bond acceptors (Lipinski definition) is 3. The molecule has 0 bridgehead atoms. The van der Waals surface area contributed by atoms with E-state index in [1.807, 2.05) is 12.1 Å². The summed E-state index contributed by atoms with van der Waals surface area (Å²) in [5.41, 5.74) is 3.39. The lowest BCUT2D eigenvalue weighted by Crippen LogP contribution is -2.34. The predicted octanol–water partition coefficient (Wildman–Crippen LogP) is 3.97. The molecule has 2 heterocycles. The summed E-state index contributed by atoms with van der Waals surface area (Å²) in [6, 6.07) is 8.19. The Kier molecular flexibility index (Phi) is 3.57. The van der Waals surface area contributed by atoms with E-state index in [1.54, 1.807) is 11.8 Å². The number of aryl methyl sites for hydroxylation is 1. The van der Waals surface area contributed by atoms with Gasteiger partial charge in [0, 0.05) is 18.3 Å². The minimum absolute atomic E-state index is 0.902. The Labute approximate surface area is 123 Å². The van der Waals surface area contributed by atoms with Crippen LogP contribution in [0.3, 0.4) is 0 Å². The molecule has 3 rings (SSSR count). The third-order valence-electron chi connectivity index (χ3n) is 3.56. The normalized spacial score (nSPS) is 17.2. The van der Waals surface area contributed by atoms with Crippen LogP contribution in [0.15, 0.2) is 44.8 Å². The highest BCUT2D eigenvalue weighted by atomic mass is 32.2. The van der Waals surface area contributed by atoms with Crippen molar-refractivity contribution in [3.8, 4) is 0 Å². The van der Waals surface area contributed by atoms with Crippen molar-refractivity contribution in [3.63, 3.8) is 0 Å². The van der Waals surface area contributed by atoms with Crippen molar-refractivity contribution in [3.05, 3.63) is 46.3 Å². The van der Waals surface area contributed by atoms with Crippen molar-refractivity contribution in [2.75, 3.05) is 6.54 Å². The number of allylic oxidation sites excluding steroid dienone is 1. The van der Waals surface area contributed by atoms with Gasteiger partial charge in [-0.1, -0.05) is 23.9 Å². The molecule has 2 aromatic rings. The Balaban J connectivity index is 2.07. The summed E-state index contributed by atoms with van der Waals surface area (Å²) < 4.78 is 8.22. The van der Waals surface area contributed by atoms with E-state index in [0.717, 1.165) is 30.1 Å². The third kappa shape index (κ3) is 2.14. The molecule has 0 N–H and O–H groups in total. The molecule has 0 unspecified atom stereocenters. The number of para-hydroxylation sites is 2. The highest BCUT2D eigenvalue weighted by Crippen LogP contribution is 2.35. The lowest BCUT2D eigenvalue weighted by Gasteiger charge is -2.17. The molecule has 0 fully saturated rings. The maximum Gasteiger partial charge on any atom is 0.376 e. The maximum atomic E-state index is 6.00. The first-order chi connectivity index (χ1) is 9.74. The predicted molar refractivity (Wildman–Crippen MR) is 83.8 cm³/mol. The van der Waals surface area contributed by atoms with Gasteiger partial charge in [-0.2, -0.15) is 4.57 Å². The molecular weight excluding hydrogens is 268 g/mol. The second kappa shape index (κ2) is 5.37. The minimum atomic E-state index is 0.902. The monoisotopic (exact) mass is 287 g/mol. The van der Waals surface area contributed by atoms with Gasteiger partial charge in [-0.3, -0.25) is 0 Å².